The first-order chi connectivity index (χ1) is 14.4. The standard InChI is InChI=1S/C23H28FN3O3/c1-17(2)15-23(29)27-13-11-26(12-14-27)19-9-7-18(8-10-19)25-22(28)16-30-21-6-4-3-5-20(21)24/h3-10,17H,11-16H2,1-2H3,(H,25,28). The van der Waals surface area contributed by atoms with Gasteiger partial charge in [0.15, 0.2) is 18.2 Å². The number of halogens is 1. The van der Waals surface area contributed by atoms with Gasteiger partial charge < -0.3 is 19.9 Å². The largest absolute Gasteiger partial charge is 0.481 e. The van der Waals surface area contributed by atoms with Crippen molar-refractivity contribution in [3.05, 3.63) is 54.3 Å². The Labute approximate surface area is 176 Å². The van der Waals surface area contributed by atoms with E-state index in [0.717, 1.165) is 31.9 Å². The van der Waals surface area contributed by atoms with Crippen LogP contribution in [0.1, 0.15) is 20.3 Å². The molecule has 0 unspecified atom stereocenters. The molecule has 1 saturated heterocycles. The monoisotopic (exact) mass is 413 g/mol. The van der Waals surface area contributed by atoms with E-state index in [-0.39, 0.29) is 24.2 Å². The molecule has 7 heteroatoms. The zero-order chi connectivity index (χ0) is 21.5. The molecule has 0 aliphatic carbocycles. The number of hydrogen-bond acceptors (Lipinski definition) is 4. The number of ether oxygens (including phenoxy) is 1. The third-order valence-corrected chi connectivity index (χ3v) is 4.93. The number of benzene rings is 2. The van der Waals surface area contributed by atoms with Crippen molar-refractivity contribution in [2.24, 2.45) is 5.92 Å². The summed E-state index contributed by atoms with van der Waals surface area (Å²) in [4.78, 5) is 28.4. The van der Waals surface area contributed by atoms with Gasteiger partial charge in [-0.25, -0.2) is 4.39 Å². The van der Waals surface area contributed by atoms with E-state index in [2.05, 4.69) is 24.1 Å². The fourth-order valence-corrected chi connectivity index (χ4v) is 3.35. The van der Waals surface area contributed by atoms with Crippen molar-refractivity contribution in [3.8, 4) is 5.75 Å². The Morgan fingerprint density at radius 2 is 1.70 bits per heavy atom. The van der Waals surface area contributed by atoms with Gasteiger partial charge in [-0.3, -0.25) is 9.59 Å². The third kappa shape index (κ3) is 5.95. The van der Waals surface area contributed by atoms with Crippen LogP contribution in [-0.4, -0.2) is 49.5 Å². The Hall–Kier alpha value is -3.09. The summed E-state index contributed by atoms with van der Waals surface area (Å²) < 4.78 is 18.7. The first kappa shape index (κ1) is 21.6. The third-order valence-electron chi connectivity index (χ3n) is 4.93. The van der Waals surface area contributed by atoms with Crippen molar-refractivity contribution >= 4 is 23.2 Å². The first-order valence-electron chi connectivity index (χ1n) is 10.2. The number of anilines is 2. The number of carbonyl (C=O) groups excluding carboxylic acids is 2. The Morgan fingerprint density at radius 1 is 1.03 bits per heavy atom. The highest BCUT2D eigenvalue weighted by atomic mass is 19.1. The number of nitrogens with one attached hydrogen (secondary N) is 1. The van der Waals surface area contributed by atoms with Gasteiger partial charge in [-0.05, 0) is 42.3 Å². The molecule has 1 aliphatic heterocycles. The molecule has 0 spiro atoms. The van der Waals surface area contributed by atoms with Crippen LogP contribution in [0.5, 0.6) is 5.75 Å². The van der Waals surface area contributed by atoms with Crippen LogP contribution >= 0.6 is 0 Å². The molecule has 1 N–H and O–H groups in total. The number of hydrogen-bond donors (Lipinski definition) is 1. The number of rotatable bonds is 7. The summed E-state index contributed by atoms with van der Waals surface area (Å²) in [7, 11) is 0. The molecule has 0 radical (unpaired) electrons. The maximum atomic E-state index is 13.5. The topological polar surface area (TPSA) is 61.9 Å². The quantitative estimate of drug-likeness (QED) is 0.754. The number of para-hydroxylation sites is 1. The van der Waals surface area contributed by atoms with Crippen molar-refractivity contribution in [1.82, 2.24) is 4.90 Å². The fourth-order valence-electron chi connectivity index (χ4n) is 3.35. The Morgan fingerprint density at radius 3 is 2.33 bits per heavy atom. The van der Waals surface area contributed by atoms with Gasteiger partial charge in [-0.15, -0.1) is 0 Å². The minimum atomic E-state index is -0.499. The van der Waals surface area contributed by atoms with Crippen LogP contribution in [0.2, 0.25) is 0 Å². The summed E-state index contributed by atoms with van der Waals surface area (Å²) >= 11 is 0. The Balaban J connectivity index is 1.46. The van der Waals surface area contributed by atoms with E-state index in [0.29, 0.717) is 18.0 Å². The second-order valence-corrected chi connectivity index (χ2v) is 7.78. The molecule has 0 aromatic heterocycles. The van der Waals surface area contributed by atoms with Crippen LogP contribution in [0.25, 0.3) is 0 Å². The van der Waals surface area contributed by atoms with Crippen LogP contribution in [0, 0.1) is 11.7 Å². The predicted molar refractivity (Wildman–Crippen MR) is 115 cm³/mol. The van der Waals surface area contributed by atoms with Crippen molar-refractivity contribution in [1.29, 1.82) is 0 Å². The van der Waals surface area contributed by atoms with E-state index < -0.39 is 5.82 Å². The van der Waals surface area contributed by atoms with E-state index in [9.17, 15) is 14.0 Å². The second-order valence-electron chi connectivity index (χ2n) is 7.78. The lowest BCUT2D eigenvalue weighted by atomic mass is 10.1. The van der Waals surface area contributed by atoms with Gasteiger partial charge in [0.2, 0.25) is 5.91 Å². The number of piperazine rings is 1. The zero-order valence-electron chi connectivity index (χ0n) is 17.4. The van der Waals surface area contributed by atoms with Gasteiger partial charge in [-0.2, -0.15) is 0 Å². The molecule has 1 heterocycles. The lowest BCUT2D eigenvalue weighted by Gasteiger charge is -2.36. The van der Waals surface area contributed by atoms with Gasteiger partial charge in [0.05, 0.1) is 0 Å². The second kappa shape index (κ2) is 10.1. The number of amides is 2. The molecule has 2 amide bonds. The van der Waals surface area contributed by atoms with Gasteiger partial charge >= 0.3 is 0 Å². The maximum absolute atomic E-state index is 13.5. The molecule has 1 aliphatic rings. The molecular weight excluding hydrogens is 385 g/mol. The van der Waals surface area contributed by atoms with E-state index in [1.165, 1.54) is 12.1 Å². The average molecular weight is 413 g/mol. The highest BCUT2D eigenvalue weighted by Crippen LogP contribution is 2.20. The van der Waals surface area contributed by atoms with E-state index in [1.807, 2.05) is 29.2 Å². The van der Waals surface area contributed by atoms with Gasteiger partial charge in [0.25, 0.3) is 5.91 Å². The highest BCUT2D eigenvalue weighted by molar-refractivity contribution is 5.92. The Bertz CT molecular complexity index is 862. The molecule has 2 aromatic carbocycles. The van der Waals surface area contributed by atoms with E-state index in [4.69, 9.17) is 4.74 Å². The van der Waals surface area contributed by atoms with Crippen molar-refractivity contribution in [3.63, 3.8) is 0 Å². The minimum absolute atomic E-state index is 0.0500. The van der Waals surface area contributed by atoms with Crippen molar-refractivity contribution in [2.75, 3.05) is 43.0 Å². The minimum Gasteiger partial charge on any atom is -0.481 e. The molecule has 3 rings (SSSR count). The number of carbonyl (C=O) groups is 2. The summed E-state index contributed by atoms with van der Waals surface area (Å²) in [6.45, 7) is 6.85. The average Bonchev–Trinajstić information content (AvgIpc) is 2.73. The predicted octanol–water partition coefficient (Wildman–Crippen LogP) is 3.54. The SMILES string of the molecule is CC(C)CC(=O)N1CCN(c2ccc(NC(=O)COc3ccccc3F)cc2)CC1. The summed E-state index contributed by atoms with van der Waals surface area (Å²) in [5.74, 6) is -0.214. The first-order valence-corrected chi connectivity index (χ1v) is 10.2. The normalized spacial score (nSPS) is 14.0. The van der Waals surface area contributed by atoms with E-state index in [1.54, 1.807) is 12.1 Å². The van der Waals surface area contributed by atoms with E-state index >= 15 is 0 Å². The van der Waals surface area contributed by atoms with Crippen LogP contribution in [0.15, 0.2) is 48.5 Å². The summed E-state index contributed by atoms with van der Waals surface area (Å²) in [5, 5.41) is 2.74. The van der Waals surface area contributed by atoms with Crippen LogP contribution < -0.4 is 15.0 Å². The van der Waals surface area contributed by atoms with Gasteiger partial charge in [0.1, 0.15) is 0 Å². The van der Waals surface area contributed by atoms with Crippen LogP contribution in [0.4, 0.5) is 15.8 Å². The van der Waals surface area contributed by atoms with Gasteiger partial charge in [0, 0.05) is 44.0 Å². The molecule has 0 saturated carbocycles. The lowest BCUT2D eigenvalue weighted by Crippen LogP contribution is -2.49. The molecular formula is C23H28FN3O3. The van der Waals surface area contributed by atoms with Crippen molar-refractivity contribution in [2.45, 2.75) is 20.3 Å². The molecule has 0 atom stereocenters. The van der Waals surface area contributed by atoms with Gasteiger partial charge in [-0.1, -0.05) is 26.0 Å². The summed E-state index contributed by atoms with van der Waals surface area (Å²) in [5.41, 5.74) is 1.69. The molecule has 1 fully saturated rings. The molecule has 30 heavy (non-hydrogen) atoms. The molecule has 6 nitrogen and oxygen atoms in total. The summed E-state index contributed by atoms with van der Waals surface area (Å²) in [6.07, 6.45) is 0.592. The zero-order valence-corrected chi connectivity index (χ0v) is 17.4. The number of nitrogens with zero attached hydrogens (tertiary/aromatic N) is 2. The molecule has 160 valence electrons. The lowest BCUT2D eigenvalue weighted by molar-refractivity contribution is -0.132. The van der Waals surface area contributed by atoms with Crippen molar-refractivity contribution < 1.29 is 18.7 Å². The fraction of sp³-hybridized carbons (Fsp3) is 0.391. The van der Waals surface area contributed by atoms with Crippen LogP contribution in [-0.2, 0) is 9.59 Å². The smallest absolute Gasteiger partial charge is 0.262 e. The Kier molecular flexibility index (Phi) is 7.27. The molecule has 0 bridgehead atoms. The summed E-state index contributed by atoms with van der Waals surface area (Å²) in [6, 6.07) is 13.5. The van der Waals surface area contributed by atoms with Crippen LogP contribution in [0.3, 0.4) is 0 Å². The highest BCUT2D eigenvalue weighted by Gasteiger charge is 2.21. The maximum Gasteiger partial charge on any atom is 0.262 e. The molecule has 2 aromatic rings.